The Balaban J connectivity index is 2.14. The fourth-order valence-electron chi connectivity index (χ4n) is 3.08. The minimum atomic E-state index is -3.96. The average molecular weight is 434 g/mol. The Morgan fingerprint density at radius 1 is 1.23 bits per heavy atom. The van der Waals surface area contributed by atoms with Gasteiger partial charge < -0.3 is 10.2 Å². The van der Waals surface area contributed by atoms with Gasteiger partial charge in [0.25, 0.3) is 5.91 Å². The Kier molecular flexibility index (Phi) is 5.74. The molecule has 162 valence electrons. The highest BCUT2D eigenvalue weighted by molar-refractivity contribution is 7.89. The fourth-order valence-corrected chi connectivity index (χ4v) is 4.61. The number of sulfonamides is 1. The number of hydrogen-bond acceptors (Lipinski definition) is 5. The van der Waals surface area contributed by atoms with Crippen LogP contribution in [0.2, 0.25) is 0 Å². The molecule has 9 nitrogen and oxygen atoms in total. The van der Waals surface area contributed by atoms with Gasteiger partial charge in [-0.25, -0.2) is 13.4 Å². The number of nitrogens with one attached hydrogen (secondary N) is 1. The lowest BCUT2D eigenvalue weighted by Gasteiger charge is -2.24. The summed E-state index contributed by atoms with van der Waals surface area (Å²) < 4.78 is 29.4. The summed E-state index contributed by atoms with van der Waals surface area (Å²) in [6.45, 7) is 5.29. The van der Waals surface area contributed by atoms with Crippen LogP contribution in [0.15, 0.2) is 35.5 Å². The lowest BCUT2D eigenvalue weighted by molar-refractivity contribution is -0.128. The SMILES string of the molecule is CCC(C)(C)NC(=O)c1ncn2c1CN(CC(=O)N(C)C)S(=O)(=O)c1ccccc1-2. The van der Waals surface area contributed by atoms with E-state index < -0.39 is 15.6 Å². The molecule has 1 aromatic heterocycles. The monoisotopic (exact) mass is 433 g/mol. The Hall–Kier alpha value is -2.72. The molecule has 1 aliphatic rings. The molecule has 0 unspecified atom stereocenters. The molecule has 2 amide bonds. The number of likely N-dealkylation sites (N-methyl/N-ethyl adjacent to an activating group) is 1. The standard InChI is InChI=1S/C20H27N5O4S/c1-6-20(2,3)22-19(27)18-15-11-24(12-17(26)23(4)5)30(28,29)16-10-8-7-9-14(16)25(15)13-21-18/h7-10,13H,6,11-12H2,1-5H3,(H,22,27). The zero-order valence-electron chi connectivity index (χ0n) is 17.8. The number of rotatable bonds is 5. The van der Waals surface area contributed by atoms with Crippen LogP contribution in [0.25, 0.3) is 5.69 Å². The van der Waals surface area contributed by atoms with Crippen LogP contribution in [-0.4, -0.2) is 65.2 Å². The molecule has 0 saturated heterocycles. The predicted molar refractivity (Wildman–Crippen MR) is 112 cm³/mol. The van der Waals surface area contributed by atoms with Gasteiger partial charge in [-0.2, -0.15) is 4.31 Å². The van der Waals surface area contributed by atoms with Crippen LogP contribution in [0.5, 0.6) is 0 Å². The van der Waals surface area contributed by atoms with Crippen LogP contribution >= 0.6 is 0 Å². The van der Waals surface area contributed by atoms with E-state index in [1.54, 1.807) is 36.9 Å². The second-order valence-electron chi connectivity index (χ2n) is 8.13. The topological polar surface area (TPSA) is 105 Å². The summed E-state index contributed by atoms with van der Waals surface area (Å²) >= 11 is 0. The number of imidazole rings is 1. The third-order valence-electron chi connectivity index (χ3n) is 5.30. The van der Waals surface area contributed by atoms with E-state index in [4.69, 9.17) is 0 Å². The van der Waals surface area contributed by atoms with E-state index in [9.17, 15) is 18.0 Å². The third kappa shape index (κ3) is 3.97. The van der Waals surface area contributed by atoms with Gasteiger partial charge in [-0.3, -0.25) is 14.2 Å². The van der Waals surface area contributed by atoms with Crippen molar-refractivity contribution in [1.29, 1.82) is 0 Å². The lowest BCUT2D eigenvalue weighted by atomic mass is 10.0. The molecule has 0 bridgehead atoms. The molecule has 0 fully saturated rings. The number of aromatic nitrogens is 2. The Morgan fingerprint density at radius 2 is 1.90 bits per heavy atom. The van der Waals surface area contributed by atoms with Crippen LogP contribution in [0.3, 0.4) is 0 Å². The lowest BCUT2D eigenvalue weighted by Crippen LogP contribution is -2.43. The van der Waals surface area contributed by atoms with Gasteiger partial charge in [0.2, 0.25) is 15.9 Å². The van der Waals surface area contributed by atoms with Gasteiger partial charge in [0.1, 0.15) is 11.2 Å². The first-order chi connectivity index (χ1) is 14.0. The smallest absolute Gasteiger partial charge is 0.272 e. The molecule has 0 spiro atoms. The molecule has 2 heterocycles. The Bertz CT molecular complexity index is 1090. The van der Waals surface area contributed by atoms with Crippen molar-refractivity contribution in [2.24, 2.45) is 0 Å². The van der Waals surface area contributed by atoms with Crippen molar-refractivity contribution < 1.29 is 18.0 Å². The molecule has 3 rings (SSSR count). The first-order valence-corrected chi connectivity index (χ1v) is 11.1. The van der Waals surface area contributed by atoms with Crippen molar-refractivity contribution in [1.82, 2.24) is 24.1 Å². The number of hydrogen-bond donors (Lipinski definition) is 1. The van der Waals surface area contributed by atoms with E-state index in [1.165, 1.54) is 17.3 Å². The molecule has 1 aromatic carbocycles. The van der Waals surface area contributed by atoms with Crippen LogP contribution in [0.1, 0.15) is 43.4 Å². The number of fused-ring (bicyclic) bond motifs is 3. The second-order valence-corrected chi connectivity index (χ2v) is 10.0. The number of para-hydroxylation sites is 1. The van der Waals surface area contributed by atoms with Gasteiger partial charge in [-0.05, 0) is 32.4 Å². The van der Waals surface area contributed by atoms with Crippen molar-refractivity contribution >= 4 is 21.8 Å². The molecular weight excluding hydrogens is 406 g/mol. The minimum Gasteiger partial charge on any atom is -0.348 e. The van der Waals surface area contributed by atoms with Crippen molar-refractivity contribution in [2.45, 2.75) is 44.2 Å². The average Bonchev–Trinajstić information content (AvgIpc) is 3.07. The summed E-state index contributed by atoms with van der Waals surface area (Å²) in [7, 11) is -0.830. The molecular formula is C20H27N5O4S. The molecule has 0 saturated carbocycles. The van der Waals surface area contributed by atoms with Crippen LogP contribution < -0.4 is 5.32 Å². The first kappa shape index (κ1) is 22.0. The van der Waals surface area contributed by atoms with Crippen molar-refractivity contribution in [3.8, 4) is 5.69 Å². The van der Waals surface area contributed by atoms with Gasteiger partial charge in [-0.15, -0.1) is 0 Å². The predicted octanol–water partition coefficient (Wildman–Crippen LogP) is 1.38. The number of nitrogens with zero attached hydrogens (tertiary/aromatic N) is 4. The normalized spacial score (nSPS) is 15.6. The highest BCUT2D eigenvalue weighted by Crippen LogP contribution is 2.31. The third-order valence-corrected chi connectivity index (χ3v) is 7.14. The summed E-state index contributed by atoms with van der Waals surface area (Å²) in [5, 5.41) is 2.94. The highest BCUT2D eigenvalue weighted by Gasteiger charge is 2.36. The van der Waals surface area contributed by atoms with Gasteiger partial charge in [0.15, 0.2) is 5.69 Å². The van der Waals surface area contributed by atoms with Gasteiger partial charge in [-0.1, -0.05) is 19.1 Å². The zero-order chi connectivity index (χ0) is 22.3. The van der Waals surface area contributed by atoms with Gasteiger partial charge in [0.05, 0.1) is 24.5 Å². The molecule has 10 heteroatoms. The Labute approximate surface area is 176 Å². The number of carbonyl (C=O) groups is 2. The number of amides is 2. The first-order valence-electron chi connectivity index (χ1n) is 9.66. The van der Waals surface area contributed by atoms with Crippen molar-refractivity contribution in [3.63, 3.8) is 0 Å². The summed E-state index contributed by atoms with van der Waals surface area (Å²) in [6.07, 6.45) is 2.17. The maximum atomic E-state index is 13.3. The molecule has 1 aliphatic heterocycles. The van der Waals surface area contributed by atoms with Crippen molar-refractivity contribution in [3.05, 3.63) is 42.0 Å². The molecule has 2 aromatic rings. The second kappa shape index (κ2) is 7.84. The minimum absolute atomic E-state index is 0.0635. The van der Waals surface area contributed by atoms with Crippen molar-refractivity contribution in [2.75, 3.05) is 20.6 Å². The quantitative estimate of drug-likeness (QED) is 0.767. The zero-order valence-corrected chi connectivity index (χ0v) is 18.7. The van der Waals surface area contributed by atoms with Gasteiger partial charge in [0, 0.05) is 19.6 Å². The Morgan fingerprint density at radius 3 is 2.53 bits per heavy atom. The van der Waals surface area contributed by atoms with Gasteiger partial charge >= 0.3 is 0 Å². The van der Waals surface area contributed by atoms with E-state index >= 15 is 0 Å². The maximum Gasteiger partial charge on any atom is 0.272 e. The highest BCUT2D eigenvalue weighted by atomic mass is 32.2. The molecule has 30 heavy (non-hydrogen) atoms. The molecule has 0 atom stereocenters. The summed E-state index contributed by atoms with van der Waals surface area (Å²) in [4.78, 5) is 31.0. The van der Waals surface area contributed by atoms with E-state index in [0.29, 0.717) is 11.4 Å². The maximum absolute atomic E-state index is 13.3. The van der Waals surface area contributed by atoms with E-state index in [0.717, 1.165) is 10.7 Å². The number of carbonyl (C=O) groups excluding carboxylic acids is 2. The van der Waals surface area contributed by atoms with Crippen LogP contribution in [0, 0.1) is 0 Å². The van der Waals surface area contributed by atoms with E-state index in [2.05, 4.69) is 10.3 Å². The van der Waals surface area contributed by atoms with Crippen LogP contribution in [-0.2, 0) is 21.4 Å². The molecule has 0 aliphatic carbocycles. The summed E-state index contributed by atoms with van der Waals surface area (Å²) in [6, 6.07) is 6.50. The van der Waals surface area contributed by atoms with E-state index in [1.807, 2.05) is 20.8 Å². The summed E-state index contributed by atoms with van der Waals surface area (Å²) in [5.74, 6) is -0.742. The largest absolute Gasteiger partial charge is 0.348 e. The summed E-state index contributed by atoms with van der Waals surface area (Å²) in [5.41, 5.74) is 0.516. The number of benzene rings is 1. The van der Waals surface area contributed by atoms with Crippen LogP contribution in [0.4, 0.5) is 0 Å². The molecule has 0 radical (unpaired) electrons. The fraction of sp³-hybridized carbons (Fsp3) is 0.450. The van der Waals surface area contributed by atoms with E-state index in [-0.39, 0.29) is 35.5 Å². The molecule has 1 N–H and O–H groups in total.